The van der Waals surface area contributed by atoms with Crippen molar-refractivity contribution in [3.05, 3.63) is 30.5 Å². The zero-order chi connectivity index (χ0) is 13.1. The van der Waals surface area contributed by atoms with E-state index in [0.717, 1.165) is 16.7 Å². The molecule has 18 heavy (non-hydrogen) atoms. The highest BCUT2D eigenvalue weighted by atomic mass is 16.5. The van der Waals surface area contributed by atoms with Gasteiger partial charge in [-0.1, -0.05) is 13.0 Å². The normalized spacial score (nSPS) is 12.6. The van der Waals surface area contributed by atoms with E-state index in [0.29, 0.717) is 13.0 Å². The van der Waals surface area contributed by atoms with Crippen LogP contribution in [0.4, 0.5) is 0 Å². The van der Waals surface area contributed by atoms with Crippen molar-refractivity contribution in [2.45, 2.75) is 33.2 Å². The Kier molecular flexibility index (Phi) is 3.70. The predicted octanol–water partition coefficient (Wildman–Crippen LogP) is 3.58. The average molecular weight is 245 g/mol. The molecule has 0 aliphatic rings. The SMILES string of the molecule is CCOc1cccc2c1ccn2C(C)C(=O)CC. The summed E-state index contributed by atoms with van der Waals surface area (Å²) in [6.07, 6.45) is 2.53. The number of carbonyl (C=O) groups is 1. The monoisotopic (exact) mass is 245 g/mol. The number of ether oxygens (including phenoxy) is 1. The van der Waals surface area contributed by atoms with Crippen LogP contribution in [0.3, 0.4) is 0 Å². The molecule has 1 aromatic heterocycles. The molecule has 1 heterocycles. The molecular formula is C15H19NO2. The van der Waals surface area contributed by atoms with E-state index in [1.165, 1.54) is 0 Å². The van der Waals surface area contributed by atoms with Crippen LogP contribution in [-0.4, -0.2) is 17.0 Å². The number of hydrogen-bond donors (Lipinski definition) is 0. The molecule has 2 rings (SSSR count). The van der Waals surface area contributed by atoms with Gasteiger partial charge in [0.1, 0.15) is 5.75 Å². The van der Waals surface area contributed by atoms with Gasteiger partial charge in [0.15, 0.2) is 5.78 Å². The summed E-state index contributed by atoms with van der Waals surface area (Å²) in [5.41, 5.74) is 1.05. The molecule has 96 valence electrons. The molecule has 1 atom stereocenters. The second kappa shape index (κ2) is 5.25. The minimum absolute atomic E-state index is 0.121. The van der Waals surface area contributed by atoms with Crippen molar-refractivity contribution < 1.29 is 9.53 Å². The van der Waals surface area contributed by atoms with E-state index in [-0.39, 0.29) is 11.8 Å². The van der Waals surface area contributed by atoms with E-state index in [1.807, 2.05) is 55.8 Å². The Morgan fingerprint density at radius 2 is 2.11 bits per heavy atom. The predicted molar refractivity (Wildman–Crippen MR) is 73.1 cm³/mol. The Balaban J connectivity index is 2.48. The number of fused-ring (bicyclic) bond motifs is 1. The first-order valence-electron chi connectivity index (χ1n) is 6.44. The summed E-state index contributed by atoms with van der Waals surface area (Å²) in [5, 5.41) is 1.06. The summed E-state index contributed by atoms with van der Waals surface area (Å²) in [5.74, 6) is 1.12. The zero-order valence-corrected chi connectivity index (χ0v) is 11.1. The third kappa shape index (κ3) is 2.13. The molecule has 0 aliphatic carbocycles. The fourth-order valence-electron chi connectivity index (χ4n) is 2.23. The second-order valence-corrected chi connectivity index (χ2v) is 4.34. The van der Waals surface area contributed by atoms with E-state index in [1.54, 1.807) is 0 Å². The maximum absolute atomic E-state index is 11.8. The Morgan fingerprint density at radius 1 is 1.33 bits per heavy atom. The van der Waals surface area contributed by atoms with Crippen molar-refractivity contribution >= 4 is 16.7 Å². The third-order valence-corrected chi connectivity index (χ3v) is 3.25. The third-order valence-electron chi connectivity index (χ3n) is 3.25. The number of Topliss-reactive ketones (excluding diaryl/α,β-unsaturated/α-hetero) is 1. The number of carbonyl (C=O) groups excluding carboxylic acids is 1. The number of hydrogen-bond acceptors (Lipinski definition) is 2. The molecule has 0 radical (unpaired) electrons. The summed E-state index contributed by atoms with van der Waals surface area (Å²) in [6, 6.07) is 7.84. The quantitative estimate of drug-likeness (QED) is 0.806. The van der Waals surface area contributed by atoms with Gasteiger partial charge < -0.3 is 9.30 Å². The lowest BCUT2D eigenvalue weighted by molar-refractivity contribution is -0.121. The molecule has 2 aromatic rings. The lowest BCUT2D eigenvalue weighted by Crippen LogP contribution is -2.14. The maximum atomic E-state index is 11.8. The Bertz CT molecular complexity index is 557. The number of ketones is 1. The summed E-state index contributed by atoms with van der Waals surface area (Å²) in [7, 11) is 0. The Morgan fingerprint density at radius 3 is 2.78 bits per heavy atom. The molecule has 0 saturated carbocycles. The van der Waals surface area contributed by atoms with Crippen LogP contribution in [-0.2, 0) is 4.79 Å². The average Bonchev–Trinajstić information content (AvgIpc) is 2.82. The fraction of sp³-hybridized carbons (Fsp3) is 0.400. The first-order valence-corrected chi connectivity index (χ1v) is 6.44. The summed E-state index contributed by atoms with van der Waals surface area (Å²) >= 11 is 0. The van der Waals surface area contributed by atoms with Crippen molar-refractivity contribution in [1.82, 2.24) is 4.57 Å². The minimum atomic E-state index is -0.121. The molecular weight excluding hydrogens is 226 g/mol. The number of nitrogens with zero attached hydrogens (tertiary/aromatic N) is 1. The number of benzene rings is 1. The fourth-order valence-corrected chi connectivity index (χ4v) is 2.23. The van der Waals surface area contributed by atoms with Crippen molar-refractivity contribution in [2.24, 2.45) is 0 Å². The molecule has 3 nitrogen and oxygen atoms in total. The highest BCUT2D eigenvalue weighted by Crippen LogP contribution is 2.29. The standard InChI is InChI=1S/C15H19NO2/c1-4-14(17)11(3)16-10-9-12-13(16)7-6-8-15(12)18-5-2/h6-11H,4-5H2,1-3H3. The summed E-state index contributed by atoms with van der Waals surface area (Å²) in [4.78, 5) is 11.8. The molecule has 0 amide bonds. The van der Waals surface area contributed by atoms with Gasteiger partial charge >= 0.3 is 0 Å². The molecule has 0 saturated heterocycles. The zero-order valence-electron chi connectivity index (χ0n) is 11.1. The largest absolute Gasteiger partial charge is 0.493 e. The van der Waals surface area contributed by atoms with Crippen LogP contribution in [0.1, 0.15) is 33.2 Å². The van der Waals surface area contributed by atoms with E-state index in [2.05, 4.69) is 0 Å². The van der Waals surface area contributed by atoms with E-state index in [4.69, 9.17) is 4.74 Å². The van der Waals surface area contributed by atoms with Gasteiger partial charge in [0.05, 0.1) is 18.2 Å². The molecule has 1 unspecified atom stereocenters. The molecule has 1 aromatic carbocycles. The van der Waals surface area contributed by atoms with Crippen molar-refractivity contribution in [1.29, 1.82) is 0 Å². The topological polar surface area (TPSA) is 31.2 Å². The van der Waals surface area contributed by atoms with Crippen LogP contribution in [0, 0.1) is 0 Å². The van der Waals surface area contributed by atoms with Gasteiger partial charge in [0.2, 0.25) is 0 Å². The van der Waals surface area contributed by atoms with Crippen molar-refractivity contribution in [3.63, 3.8) is 0 Å². The molecule has 0 N–H and O–H groups in total. The molecule has 3 heteroatoms. The lowest BCUT2D eigenvalue weighted by Gasteiger charge is -2.13. The number of aromatic nitrogens is 1. The van der Waals surface area contributed by atoms with Gasteiger partial charge in [-0.05, 0) is 32.0 Å². The van der Waals surface area contributed by atoms with E-state index in [9.17, 15) is 4.79 Å². The highest BCUT2D eigenvalue weighted by Gasteiger charge is 2.15. The van der Waals surface area contributed by atoms with Gasteiger partial charge in [0, 0.05) is 18.0 Å². The lowest BCUT2D eigenvalue weighted by atomic mass is 10.1. The molecule has 0 fully saturated rings. The van der Waals surface area contributed by atoms with Crippen molar-refractivity contribution in [3.8, 4) is 5.75 Å². The number of rotatable bonds is 5. The molecule has 0 spiro atoms. The van der Waals surface area contributed by atoms with Gasteiger partial charge in [0.25, 0.3) is 0 Å². The van der Waals surface area contributed by atoms with Crippen LogP contribution in [0.15, 0.2) is 30.5 Å². The first kappa shape index (κ1) is 12.7. The van der Waals surface area contributed by atoms with E-state index >= 15 is 0 Å². The summed E-state index contributed by atoms with van der Waals surface area (Å²) < 4.78 is 7.62. The Labute approximate surface area is 107 Å². The van der Waals surface area contributed by atoms with Gasteiger partial charge in [-0.2, -0.15) is 0 Å². The van der Waals surface area contributed by atoms with Gasteiger partial charge in [-0.3, -0.25) is 4.79 Å². The minimum Gasteiger partial charge on any atom is -0.493 e. The van der Waals surface area contributed by atoms with Gasteiger partial charge in [-0.15, -0.1) is 0 Å². The maximum Gasteiger partial charge on any atom is 0.155 e. The van der Waals surface area contributed by atoms with E-state index < -0.39 is 0 Å². The molecule has 0 aliphatic heterocycles. The van der Waals surface area contributed by atoms with Crippen LogP contribution in [0.2, 0.25) is 0 Å². The van der Waals surface area contributed by atoms with Crippen LogP contribution in [0.5, 0.6) is 5.75 Å². The Hall–Kier alpha value is -1.77. The first-order chi connectivity index (χ1) is 8.69. The van der Waals surface area contributed by atoms with Crippen LogP contribution >= 0.6 is 0 Å². The van der Waals surface area contributed by atoms with Crippen molar-refractivity contribution in [2.75, 3.05) is 6.61 Å². The van der Waals surface area contributed by atoms with Crippen LogP contribution in [0.25, 0.3) is 10.9 Å². The smallest absolute Gasteiger partial charge is 0.155 e. The van der Waals surface area contributed by atoms with Gasteiger partial charge in [-0.25, -0.2) is 0 Å². The van der Waals surface area contributed by atoms with Crippen LogP contribution < -0.4 is 4.74 Å². The second-order valence-electron chi connectivity index (χ2n) is 4.34. The molecule has 0 bridgehead atoms. The highest BCUT2D eigenvalue weighted by molar-refractivity contribution is 5.89. The summed E-state index contributed by atoms with van der Waals surface area (Å²) in [6.45, 7) is 6.46.